The van der Waals surface area contributed by atoms with E-state index in [4.69, 9.17) is 8.92 Å². The molecule has 10 heteroatoms. The van der Waals surface area contributed by atoms with Crippen LogP contribution < -0.4 is 5.32 Å². The lowest BCUT2D eigenvalue weighted by atomic mass is 10.2. The molecule has 0 aliphatic carbocycles. The summed E-state index contributed by atoms with van der Waals surface area (Å²) in [5.41, 5.74) is -0.642. The summed E-state index contributed by atoms with van der Waals surface area (Å²) >= 11 is -2.12. The maximum absolute atomic E-state index is 11.6. The van der Waals surface area contributed by atoms with Crippen LogP contribution in [-0.2, 0) is 29.5 Å². The van der Waals surface area contributed by atoms with Crippen LogP contribution in [0.5, 0.6) is 0 Å². The predicted molar refractivity (Wildman–Crippen MR) is 75.0 cm³/mol. The highest BCUT2D eigenvalue weighted by Crippen LogP contribution is 2.07. The molecule has 118 valence electrons. The summed E-state index contributed by atoms with van der Waals surface area (Å²) < 4.78 is 26.1. The van der Waals surface area contributed by atoms with Crippen LogP contribution in [0.1, 0.15) is 27.7 Å². The number of ether oxygens (including phenoxy) is 2. The zero-order valence-corrected chi connectivity index (χ0v) is 13.0. The molecule has 0 aromatic heterocycles. The second kappa shape index (κ2) is 7.16. The minimum Gasteiger partial charge on any atom is -0.461 e. The van der Waals surface area contributed by atoms with Crippen LogP contribution >= 0.6 is 0 Å². The van der Waals surface area contributed by atoms with E-state index in [-0.39, 0.29) is 19.0 Å². The number of carbonyl (C=O) groups excluding carboxylic acids is 2. The van der Waals surface area contributed by atoms with Crippen LogP contribution in [0.3, 0.4) is 0 Å². The zero-order valence-electron chi connectivity index (χ0n) is 12.2. The number of nitrogens with one attached hydrogen (secondary N) is 1. The van der Waals surface area contributed by atoms with Gasteiger partial charge in [0.15, 0.2) is 0 Å². The first-order valence-electron chi connectivity index (χ1n) is 6.11. The molecule has 1 aliphatic rings. The molecule has 1 heterocycles. The average molecular weight is 319 g/mol. The fourth-order valence-electron chi connectivity index (χ4n) is 1.11. The van der Waals surface area contributed by atoms with Crippen molar-refractivity contribution in [3.63, 3.8) is 0 Å². The Labute approximate surface area is 124 Å². The van der Waals surface area contributed by atoms with Crippen LogP contribution in [-0.4, -0.2) is 46.0 Å². The van der Waals surface area contributed by atoms with Crippen molar-refractivity contribution in [3.8, 4) is 0 Å². The molecule has 1 unspecified atom stereocenters. The zero-order chi connectivity index (χ0) is 16.0. The van der Waals surface area contributed by atoms with Crippen molar-refractivity contribution in [1.29, 1.82) is 0 Å². The van der Waals surface area contributed by atoms with Crippen molar-refractivity contribution in [2.45, 2.75) is 33.3 Å². The quantitative estimate of drug-likeness (QED) is 0.753. The van der Waals surface area contributed by atoms with Crippen molar-refractivity contribution in [2.75, 3.05) is 13.2 Å². The number of rotatable bonds is 4. The molecule has 0 aromatic rings. The van der Waals surface area contributed by atoms with Crippen LogP contribution in [0.25, 0.3) is 0 Å². The van der Waals surface area contributed by atoms with E-state index >= 15 is 0 Å². The van der Waals surface area contributed by atoms with Gasteiger partial charge in [0, 0.05) is 0 Å². The summed E-state index contributed by atoms with van der Waals surface area (Å²) in [5.74, 6) is -0.967. The molecule has 9 nitrogen and oxygen atoms in total. The van der Waals surface area contributed by atoms with E-state index in [1.165, 1.54) is 0 Å². The fraction of sp³-hybridized carbons (Fsp3) is 0.636. The molecule has 0 bridgehead atoms. The molecular weight excluding hydrogens is 302 g/mol. The van der Waals surface area contributed by atoms with Gasteiger partial charge in [-0.15, -0.1) is 10.2 Å². The van der Waals surface area contributed by atoms with Crippen molar-refractivity contribution in [1.82, 2.24) is 5.32 Å². The monoisotopic (exact) mass is 319 g/mol. The van der Waals surface area contributed by atoms with Gasteiger partial charge in [-0.2, -0.15) is 0 Å². The van der Waals surface area contributed by atoms with Gasteiger partial charge < -0.3 is 19.0 Å². The van der Waals surface area contributed by atoms with Crippen LogP contribution in [0.4, 0.5) is 4.79 Å². The number of carbonyl (C=O) groups is 2. The highest BCUT2D eigenvalue weighted by Gasteiger charge is 2.28. The average Bonchev–Trinajstić information content (AvgIpc) is 2.34. The first-order valence-corrected chi connectivity index (χ1v) is 7.19. The predicted octanol–water partition coefficient (Wildman–Crippen LogP) is 0.480. The lowest BCUT2D eigenvalue weighted by Crippen LogP contribution is -2.38. The molecule has 0 aromatic carbocycles. The molecule has 1 N–H and O–H groups in total. The fourth-order valence-corrected chi connectivity index (χ4v) is 1.75. The van der Waals surface area contributed by atoms with Crippen molar-refractivity contribution in [2.24, 2.45) is 10.2 Å². The molecular formula is C11H17N3O6S. The molecule has 0 spiro atoms. The number of alkyl carbamates (subject to hydrolysis) is 1. The van der Waals surface area contributed by atoms with E-state index in [1.807, 2.05) is 0 Å². The van der Waals surface area contributed by atoms with E-state index < -0.39 is 33.8 Å². The highest BCUT2D eigenvalue weighted by molar-refractivity contribution is 7.99. The van der Waals surface area contributed by atoms with Crippen LogP contribution in [0.2, 0.25) is 0 Å². The smallest absolute Gasteiger partial charge is 0.408 e. The Morgan fingerprint density at radius 3 is 2.52 bits per heavy atom. The number of hydrogen-bond donors (Lipinski definition) is 1. The van der Waals surface area contributed by atoms with Crippen molar-refractivity contribution in [3.05, 3.63) is 0 Å². The first-order chi connectivity index (χ1) is 9.73. The SMILES string of the molecule is CCOC(=O)C1=NN=C(CNC(=O)OC(C)(C)C)OS1=O. The Bertz CT molecular complexity index is 509. The summed E-state index contributed by atoms with van der Waals surface area (Å²) in [6.07, 6.45) is -0.681. The Morgan fingerprint density at radius 1 is 1.33 bits per heavy atom. The van der Waals surface area contributed by atoms with Crippen molar-refractivity contribution >= 4 is 34.1 Å². The Kier molecular flexibility index (Phi) is 5.82. The molecule has 1 atom stereocenters. The molecule has 1 amide bonds. The molecule has 21 heavy (non-hydrogen) atoms. The number of nitrogens with zero attached hydrogens (tertiary/aromatic N) is 2. The summed E-state index contributed by atoms with van der Waals surface area (Å²) in [4.78, 5) is 22.8. The van der Waals surface area contributed by atoms with Gasteiger partial charge in [0.25, 0.3) is 16.1 Å². The van der Waals surface area contributed by atoms with E-state index in [1.54, 1.807) is 27.7 Å². The largest absolute Gasteiger partial charge is 0.461 e. The Balaban J connectivity index is 2.57. The minimum atomic E-state index is -2.12. The molecule has 1 aliphatic heterocycles. The van der Waals surface area contributed by atoms with Gasteiger partial charge in [0.1, 0.15) is 12.1 Å². The summed E-state index contributed by atoms with van der Waals surface area (Å²) in [6, 6.07) is 0. The second-order valence-corrected chi connectivity index (χ2v) is 5.82. The third-order valence-electron chi connectivity index (χ3n) is 1.81. The lowest BCUT2D eigenvalue weighted by Gasteiger charge is -2.19. The van der Waals surface area contributed by atoms with E-state index in [2.05, 4.69) is 20.3 Å². The van der Waals surface area contributed by atoms with Gasteiger partial charge in [-0.05, 0) is 27.7 Å². The molecule has 0 saturated carbocycles. The molecule has 0 fully saturated rings. The summed E-state index contributed by atoms with van der Waals surface area (Å²) in [6.45, 7) is 6.70. The standard InChI is InChI=1S/C11H17N3O6S/c1-5-18-9(15)8-14-13-7(20-21(8)17)6-12-10(16)19-11(2,3)4/h5-6H2,1-4H3,(H,12,16). The Morgan fingerprint density at radius 2 is 2.00 bits per heavy atom. The van der Waals surface area contributed by atoms with Gasteiger partial charge >= 0.3 is 12.1 Å². The molecule has 0 saturated heterocycles. The number of amides is 1. The second-order valence-electron chi connectivity index (χ2n) is 4.79. The normalized spacial score (nSPS) is 18.0. The molecule has 1 rings (SSSR count). The number of esters is 1. The lowest BCUT2D eigenvalue weighted by molar-refractivity contribution is -0.134. The van der Waals surface area contributed by atoms with Gasteiger partial charge in [-0.25, -0.2) is 13.8 Å². The maximum Gasteiger partial charge on any atom is 0.408 e. The van der Waals surface area contributed by atoms with E-state index in [0.717, 1.165) is 0 Å². The summed E-state index contributed by atoms with van der Waals surface area (Å²) in [5, 5.41) is 8.96. The topological polar surface area (TPSA) is 116 Å². The Hall–Kier alpha value is -1.97. The van der Waals surface area contributed by atoms with Gasteiger partial charge in [0.05, 0.1) is 6.61 Å². The third kappa shape index (κ3) is 5.90. The summed E-state index contributed by atoms with van der Waals surface area (Å²) in [7, 11) is 0. The van der Waals surface area contributed by atoms with E-state index in [0.29, 0.717) is 0 Å². The van der Waals surface area contributed by atoms with Gasteiger partial charge in [0.2, 0.25) is 5.90 Å². The maximum atomic E-state index is 11.6. The third-order valence-corrected chi connectivity index (χ3v) is 2.72. The number of hydrogen-bond acceptors (Lipinski definition) is 8. The van der Waals surface area contributed by atoms with Crippen LogP contribution in [0, 0.1) is 0 Å². The van der Waals surface area contributed by atoms with Gasteiger partial charge in [-0.3, -0.25) is 0 Å². The first kappa shape index (κ1) is 17.1. The van der Waals surface area contributed by atoms with Crippen molar-refractivity contribution < 1.29 is 27.5 Å². The highest BCUT2D eigenvalue weighted by atomic mass is 32.2. The van der Waals surface area contributed by atoms with E-state index in [9.17, 15) is 13.8 Å². The minimum absolute atomic E-state index is 0.104. The van der Waals surface area contributed by atoms with Gasteiger partial charge in [-0.1, -0.05) is 0 Å². The molecule has 0 radical (unpaired) electrons. The van der Waals surface area contributed by atoms with Crippen LogP contribution in [0.15, 0.2) is 10.2 Å².